The lowest BCUT2D eigenvalue weighted by molar-refractivity contribution is -0.128. The molecule has 1 heteroatoms. The van der Waals surface area contributed by atoms with Gasteiger partial charge in [0, 0.05) is 11.8 Å². The van der Waals surface area contributed by atoms with Crippen molar-refractivity contribution >= 4 is 5.78 Å². The van der Waals surface area contributed by atoms with Crippen molar-refractivity contribution in [3.8, 4) is 0 Å². The molecule has 2 saturated carbocycles. The van der Waals surface area contributed by atoms with Crippen molar-refractivity contribution in [3.63, 3.8) is 0 Å². The van der Waals surface area contributed by atoms with Crippen molar-refractivity contribution in [3.05, 3.63) is 0 Å². The van der Waals surface area contributed by atoms with E-state index in [-0.39, 0.29) is 0 Å². The molecule has 0 spiro atoms. The molecule has 0 aromatic heterocycles. The second-order valence-electron chi connectivity index (χ2n) is 5.35. The molecule has 80 valence electrons. The van der Waals surface area contributed by atoms with Crippen LogP contribution in [0, 0.1) is 17.8 Å². The first-order valence-electron chi connectivity index (χ1n) is 6.31. The smallest absolute Gasteiger partial charge is 0.139 e. The van der Waals surface area contributed by atoms with Gasteiger partial charge in [-0.05, 0) is 31.6 Å². The molecule has 0 radical (unpaired) electrons. The van der Waals surface area contributed by atoms with Gasteiger partial charge in [-0.1, -0.05) is 32.6 Å². The van der Waals surface area contributed by atoms with Gasteiger partial charge in [0.25, 0.3) is 0 Å². The SMILES string of the molecule is CC1CCCC(C(=O)C2CCCC2)C1. The minimum absolute atomic E-state index is 0.432. The Hall–Kier alpha value is -0.330. The molecular formula is C13H22O. The van der Waals surface area contributed by atoms with E-state index in [9.17, 15) is 4.79 Å². The lowest BCUT2D eigenvalue weighted by atomic mass is 9.77. The van der Waals surface area contributed by atoms with Gasteiger partial charge in [0.15, 0.2) is 0 Å². The molecule has 0 amide bonds. The number of rotatable bonds is 2. The maximum Gasteiger partial charge on any atom is 0.139 e. The molecule has 0 aromatic carbocycles. The molecule has 0 aromatic rings. The highest BCUT2D eigenvalue weighted by Crippen LogP contribution is 2.35. The quantitative estimate of drug-likeness (QED) is 0.656. The van der Waals surface area contributed by atoms with E-state index >= 15 is 0 Å². The van der Waals surface area contributed by atoms with Crippen molar-refractivity contribution in [2.75, 3.05) is 0 Å². The third-order valence-corrected chi connectivity index (χ3v) is 4.10. The van der Waals surface area contributed by atoms with E-state index in [4.69, 9.17) is 0 Å². The molecule has 2 fully saturated rings. The minimum Gasteiger partial charge on any atom is -0.299 e. The molecular weight excluding hydrogens is 172 g/mol. The number of Topliss-reactive ketones (excluding diaryl/α,β-unsaturated/α-hetero) is 1. The zero-order valence-electron chi connectivity index (χ0n) is 9.30. The average molecular weight is 194 g/mol. The number of ketones is 1. The standard InChI is InChI=1S/C13H22O/c1-10-5-4-8-12(9-10)13(14)11-6-2-3-7-11/h10-12H,2-9H2,1H3. The second-order valence-corrected chi connectivity index (χ2v) is 5.35. The van der Waals surface area contributed by atoms with E-state index < -0.39 is 0 Å². The number of carbonyl (C=O) groups excluding carboxylic acids is 1. The molecule has 2 aliphatic rings. The van der Waals surface area contributed by atoms with Gasteiger partial charge in [0.05, 0.1) is 0 Å². The fraction of sp³-hybridized carbons (Fsp3) is 0.923. The van der Waals surface area contributed by atoms with Crippen LogP contribution in [0.3, 0.4) is 0 Å². The number of hydrogen-bond donors (Lipinski definition) is 0. The molecule has 2 atom stereocenters. The molecule has 1 nitrogen and oxygen atoms in total. The molecule has 2 unspecified atom stereocenters. The summed E-state index contributed by atoms with van der Waals surface area (Å²) in [5, 5.41) is 0. The van der Waals surface area contributed by atoms with Gasteiger partial charge in [0.1, 0.15) is 5.78 Å². The van der Waals surface area contributed by atoms with Crippen molar-refractivity contribution < 1.29 is 4.79 Å². The third kappa shape index (κ3) is 2.18. The van der Waals surface area contributed by atoms with Gasteiger partial charge in [-0.3, -0.25) is 4.79 Å². The van der Waals surface area contributed by atoms with Crippen LogP contribution in [0.1, 0.15) is 58.3 Å². The molecule has 0 bridgehead atoms. The monoisotopic (exact) mass is 194 g/mol. The molecule has 14 heavy (non-hydrogen) atoms. The summed E-state index contributed by atoms with van der Waals surface area (Å²) < 4.78 is 0. The zero-order valence-corrected chi connectivity index (χ0v) is 9.30. The van der Waals surface area contributed by atoms with Crippen molar-refractivity contribution in [2.45, 2.75) is 58.3 Å². The summed E-state index contributed by atoms with van der Waals surface area (Å²) in [5.74, 6) is 2.29. The highest BCUT2D eigenvalue weighted by molar-refractivity contribution is 5.83. The highest BCUT2D eigenvalue weighted by atomic mass is 16.1. The summed E-state index contributed by atoms with van der Waals surface area (Å²) in [5.41, 5.74) is 0. The van der Waals surface area contributed by atoms with Crippen LogP contribution >= 0.6 is 0 Å². The first-order chi connectivity index (χ1) is 6.77. The van der Waals surface area contributed by atoms with E-state index in [0.29, 0.717) is 17.6 Å². The first-order valence-corrected chi connectivity index (χ1v) is 6.31. The van der Waals surface area contributed by atoms with E-state index in [1.165, 1.54) is 51.4 Å². The van der Waals surface area contributed by atoms with E-state index in [0.717, 1.165) is 5.92 Å². The Labute approximate surface area is 87.3 Å². The molecule has 2 rings (SSSR count). The van der Waals surface area contributed by atoms with Gasteiger partial charge < -0.3 is 0 Å². The Bertz CT molecular complexity index is 203. The summed E-state index contributed by atoms with van der Waals surface area (Å²) in [7, 11) is 0. The lowest BCUT2D eigenvalue weighted by Crippen LogP contribution is -2.26. The average Bonchev–Trinajstić information content (AvgIpc) is 2.69. The minimum atomic E-state index is 0.432. The fourth-order valence-electron chi connectivity index (χ4n) is 3.24. The molecule has 0 heterocycles. The topological polar surface area (TPSA) is 17.1 Å². The maximum atomic E-state index is 12.1. The Morgan fingerprint density at radius 3 is 2.21 bits per heavy atom. The van der Waals surface area contributed by atoms with Gasteiger partial charge >= 0.3 is 0 Å². The van der Waals surface area contributed by atoms with Crippen LogP contribution in [0.25, 0.3) is 0 Å². The Morgan fingerprint density at radius 2 is 1.57 bits per heavy atom. The molecule has 0 aliphatic heterocycles. The second kappa shape index (κ2) is 4.46. The van der Waals surface area contributed by atoms with Crippen LogP contribution in [0.2, 0.25) is 0 Å². The Kier molecular flexibility index (Phi) is 3.25. The van der Waals surface area contributed by atoms with Gasteiger partial charge in [-0.25, -0.2) is 0 Å². The lowest BCUT2D eigenvalue weighted by Gasteiger charge is -2.27. The Balaban J connectivity index is 1.89. The third-order valence-electron chi connectivity index (χ3n) is 4.10. The van der Waals surface area contributed by atoms with Crippen LogP contribution in [0.15, 0.2) is 0 Å². The Morgan fingerprint density at radius 1 is 0.929 bits per heavy atom. The molecule has 0 N–H and O–H groups in total. The van der Waals surface area contributed by atoms with Crippen LogP contribution in [-0.2, 0) is 4.79 Å². The first kappa shape index (κ1) is 10.2. The summed E-state index contributed by atoms with van der Waals surface area (Å²) in [6.07, 6.45) is 9.93. The van der Waals surface area contributed by atoms with Crippen molar-refractivity contribution in [2.24, 2.45) is 17.8 Å². The zero-order chi connectivity index (χ0) is 9.97. The van der Waals surface area contributed by atoms with E-state index in [1.807, 2.05) is 0 Å². The van der Waals surface area contributed by atoms with Crippen LogP contribution in [-0.4, -0.2) is 5.78 Å². The maximum absolute atomic E-state index is 12.1. The summed E-state index contributed by atoms with van der Waals surface area (Å²) in [6, 6.07) is 0. The normalized spacial score (nSPS) is 34.6. The van der Waals surface area contributed by atoms with Gasteiger partial charge in [-0.15, -0.1) is 0 Å². The van der Waals surface area contributed by atoms with E-state index in [1.54, 1.807) is 0 Å². The van der Waals surface area contributed by atoms with Crippen molar-refractivity contribution in [1.29, 1.82) is 0 Å². The van der Waals surface area contributed by atoms with Crippen LogP contribution in [0.5, 0.6) is 0 Å². The van der Waals surface area contributed by atoms with Crippen molar-refractivity contribution in [1.82, 2.24) is 0 Å². The van der Waals surface area contributed by atoms with E-state index in [2.05, 4.69) is 6.92 Å². The highest BCUT2D eigenvalue weighted by Gasteiger charge is 2.31. The summed E-state index contributed by atoms with van der Waals surface area (Å²) in [6.45, 7) is 2.30. The number of hydrogen-bond acceptors (Lipinski definition) is 1. The number of carbonyl (C=O) groups is 1. The fourth-order valence-corrected chi connectivity index (χ4v) is 3.24. The molecule has 2 aliphatic carbocycles. The summed E-state index contributed by atoms with van der Waals surface area (Å²) in [4.78, 5) is 12.1. The largest absolute Gasteiger partial charge is 0.299 e. The van der Waals surface area contributed by atoms with Gasteiger partial charge in [-0.2, -0.15) is 0 Å². The summed E-state index contributed by atoms with van der Waals surface area (Å²) >= 11 is 0. The predicted molar refractivity (Wildman–Crippen MR) is 58.1 cm³/mol. The van der Waals surface area contributed by atoms with Crippen LogP contribution < -0.4 is 0 Å². The predicted octanol–water partition coefficient (Wildman–Crippen LogP) is 3.57. The van der Waals surface area contributed by atoms with Gasteiger partial charge in [0.2, 0.25) is 0 Å². The van der Waals surface area contributed by atoms with Crippen LogP contribution in [0.4, 0.5) is 0 Å². The molecule has 0 saturated heterocycles.